The third kappa shape index (κ3) is 7.50. The Labute approximate surface area is 237 Å². The number of alkyl carbamates (subject to hydrolysis) is 1. The minimum atomic E-state index is -4.63. The number of anilines is 1. The molecule has 0 radical (unpaired) electrons. The van der Waals surface area contributed by atoms with Gasteiger partial charge in [-0.2, -0.15) is 13.2 Å². The Bertz CT molecular complexity index is 1500. The van der Waals surface area contributed by atoms with E-state index in [4.69, 9.17) is 10.1 Å². The van der Waals surface area contributed by atoms with E-state index in [-0.39, 0.29) is 34.8 Å². The van der Waals surface area contributed by atoms with Crippen molar-refractivity contribution in [3.63, 3.8) is 0 Å². The number of likely N-dealkylation sites (tertiary alicyclic amines) is 1. The Morgan fingerprint density at radius 3 is 2.55 bits per heavy atom. The third-order valence-electron chi connectivity index (χ3n) is 6.33. The molecule has 1 atom stereocenters. The molecule has 0 spiro atoms. The molecule has 1 aliphatic rings. The summed E-state index contributed by atoms with van der Waals surface area (Å²) in [6.45, 7) is 4.15. The summed E-state index contributed by atoms with van der Waals surface area (Å²) in [5.41, 5.74) is -2.11. The Balaban J connectivity index is 1.62. The average molecular weight is 596 g/mol. The Morgan fingerprint density at radius 1 is 1.12 bits per heavy atom. The molecule has 10 nitrogen and oxygen atoms in total. The third-order valence-corrected chi connectivity index (χ3v) is 6.33. The van der Waals surface area contributed by atoms with E-state index in [9.17, 15) is 31.5 Å². The highest BCUT2D eigenvalue weighted by Crippen LogP contribution is 2.25. The van der Waals surface area contributed by atoms with E-state index in [0.29, 0.717) is 31.9 Å². The average Bonchev–Trinajstić information content (AvgIpc) is 3.17. The van der Waals surface area contributed by atoms with Crippen LogP contribution in [0, 0.1) is 17.0 Å². The van der Waals surface area contributed by atoms with Crippen LogP contribution in [0.2, 0.25) is 0 Å². The number of imidazole rings is 1. The number of amides is 2. The van der Waals surface area contributed by atoms with Gasteiger partial charge in [0.1, 0.15) is 23.7 Å². The lowest BCUT2D eigenvalue weighted by molar-refractivity contribution is -0.115. The highest BCUT2D eigenvalue weighted by molar-refractivity contribution is 6.13. The molecule has 15 heteroatoms. The zero-order valence-electron chi connectivity index (χ0n) is 23.1. The molecule has 3 aromatic rings. The number of nitrogens with one attached hydrogen (secondary N) is 3. The molecule has 1 unspecified atom stereocenters. The second kappa shape index (κ2) is 11.9. The number of nitrogens with zero attached hydrogens (tertiary/aromatic N) is 4. The van der Waals surface area contributed by atoms with E-state index in [1.807, 2.05) is 0 Å². The molecule has 0 saturated carbocycles. The van der Waals surface area contributed by atoms with Gasteiger partial charge >= 0.3 is 12.3 Å². The maximum absolute atomic E-state index is 14.2. The van der Waals surface area contributed by atoms with Crippen molar-refractivity contribution in [3.8, 4) is 0 Å². The molecule has 2 amide bonds. The molecule has 1 saturated heterocycles. The van der Waals surface area contributed by atoms with Crippen LogP contribution >= 0.6 is 0 Å². The SMILES string of the molecule is CC(C)(C)OC(=O)NC1CCCCN(C(=O)c2cc(NCC(F)(F)F)c(C(=N)c3cnc4c(F)cc(F)cn34)cn2)C1. The van der Waals surface area contributed by atoms with Gasteiger partial charge in [-0.25, -0.2) is 18.6 Å². The molecule has 42 heavy (non-hydrogen) atoms. The minimum absolute atomic E-state index is 0.108. The van der Waals surface area contributed by atoms with Gasteiger partial charge in [-0.3, -0.25) is 19.6 Å². The second-order valence-corrected chi connectivity index (χ2v) is 10.9. The zero-order valence-corrected chi connectivity index (χ0v) is 23.1. The van der Waals surface area contributed by atoms with Gasteiger partial charge in [-0.05, 0) is 46.1 Å². The summed E-state index contributed by atoms with van der Waals surface area (Å²) in [5.74, 6) is -2.51. The maximum Gasteiger partial charge on any atom is 0.407 e. The van der Waals surface area contributed by atoms with Crippen LogP contribution in [0.5, 0.6) is 0 Å². The van der Waals surface area contributed by atoms with E-state index in [1.54, 1.807) is 20.8 Å². The van der Waals surface area contributed by atoms with Crippen molar-refractivity contribution in [2.45, 2.75) is 57.9 Å². The Kier molecular flexibility index (Phi) is 8.68. The molecule has 0 aromatic carbocycles. The molecule has 0 aliphatic carbocycles. The van der Waals surface area contributed by atoms with Gasteiger partial charge in [0.25, 0.3) is 5.91 Å². The van der Waals surface area contributed by atoms with Gasteiger partial charge < -0.3 is 20.3 Å². The van der Waals surface area contributed by atoms with Crippen LogP contribution in [0.4, 0.5) is 32.4 Å². The number of halogens is 5. The number of fused-ring (bicyclic) bond motifs is 1. The first-order valence-corrected chi connectivity index (χ1v) is 13.1. The summed E-state index contributed by atoms with van der Waals surface area (Å²) in [6.07, 6.45) is -0.300. The second-order valence-electron chi connectivity index (χ2n) is 10.9. The van der Waals surface area contributed by atoms with Crippen LogP contribution in [-0.4, -0.2) is 74.4 Å². The van der Waals surface area contributed by atoms with Gasteiger partial charge in [-0.15, -0.1) is 0 Å². The molecule has 0 bridgehead atoms. The molecule has 226 valence electrons. The van der Waals surface area contributed by atoms with Gasteiger partial charge in [0.05, 0.1) is 17.6 Å². The Hall–Kier alpha value is -4.30. The fourth-order valence-corrected chi connectivity index (χ4v) is 4.53. The number of carbonyl (C=O) groups excluding carboxylic acids is 2. The quantitative estimate of drug-likeness (QED) is 0.275. The maximum atomic E-state index is 14.2. The molecule has 4 rings (SSSR count). The topological polar surface area (TPSA) is 125 Å². The number of carbonyl (C=O) groups is 2. The van der Waals surface area contributed by atoms with Crippen molar-refractivity contribution in [3.05, 3.63) is 59.3 Å². The van der Waals surface area contributed by atoms with Crippen molar-refractivity contribution < 1.29 is 36.3 Å². The summed E-state index contributed by atoms with van der Waals surface area (Å²) in [5, 5.41) is 13.6. The zero-order chi connectivity index (χ0) is 30.8. The molecular weight excluding hydrogens is 565 g/mol. The fraction of sp³-hybridized carbons (Fsp3) is 0.444. The van der Waals surface area contributed by atoms with Gasteiger partial charge in [0.2, 0.25) is 0 Å². The van der Waals surface area contributed by atoms with Gasteiger partial charge in [0, 0.05) is 48.8 Å². The van der Waals surface area contributed by atoms with Crippen molar-refractivity contribution in [2.24, 2.45) is 0 Å². The monoisotopic (exact) mass is 595 g/mol. The predicted octanol–water partition coefficient (Wildman–Crippen LogP) is 4.92. The van der Waals surface area contributed by atoms with Crippen molar-refractivity contribution in [2.75, 3.05) is 25.0 Å². The highest BCUT2D eigenvalue weighted by atomic mass is 19.4. The van der Waals surface area contributed by atoms with Crippen LogP contribution in [0.25, 0.3) is 5.65 Å². The van der Waals surface area contributed by atoms with Crippen molar-refractivity contribution in [1.82, 2.24) is 24.6 Å². The van der Waals surface area contributed by atoms with Crippen LogP contribution in [0.15, 0.2) is 30.7 Å². The van der Waals surface area contributed by atoms with Crippen LogP contribution in [-0.2, 0) is 4.74 Å². The summed E-state index contributed by atoms with van der Waals surface area (Å²) < 4.78 is 73.7. The number of hydrogen-bond acceptors (Lipinski definition) is 7. The van der Waals surface area contributed by atoms with E-state index in [2.05, 4.69) is 20.6 Å². The first kappa shape index (κ1) is 30.7. The highest BCUT2D eigenvalue weighted by Gasteiger charge is 2.30. The minimum Gasteiger partial charge on any atom is -0.444 e. The number of rotatable bonds is 6. The molecular formula is C27H30F5N7O3. The Morgan fingerprint density at radius 2 is 1.86 bits per heavy atom. The van der Waals surface area contributed by atoms with Crippen LogP contribution < -0.4 is 10.6 Å². The number of aromatic nitrogens is 3. The molecule has 4 heterocycles. The van der Waals surface area contributed by atoms with Crippen molar-refractivity contribution in [1.29, 1.82) is 5.41 Å². The largest absolute Gasteiger partial charge is 0.444 e. The van der Waals surface area contributed by atoms with E-state index >= 15 is 0 Å². The smallest absolute Gasteiger partial charge is 0.407 e. The van der Waals surface area contributed by atoms with Gasteiger partial charge in [-0.1, -0.05) is 0 Å². The number of ether oxygens (including phenoxy) is 1. The number of pyridine rings is 2. The summed E-state index contributed by atoms with van der Waals surface area (Å²) in [6, 6.07) is 1.30. The first-order chi connectivity index (χ1) is 19.6. The predicted molar refractivity (Wildman–Crippen MR) is 143 cm³/mol. The van der Waals surface area contributed by atoms with E-state index in [1.165, 1.54) is 4.90 Å². The van der Waals surface area contributed by atoms with Crippen LogP contribution in [0.1, 0.15) is 61.8 Å². The molecule has 1 aliphatic heterocycles. The molecule has 3 N–H and O–H groups in total. The van der Waals surface area contributed by atoms with E-state index in [0.717, 1.165) is 29.1 Å². The normalized spacial score (nSPS) is 16.2. The molecule has 1 fully saturated rings. The number of alkyl halides is 3. The van der Waals surface area contributed by atoms with Crippen LogP contribution in [0.3, 0.4) is 0 Å². The lowest BCUT2D eigenvalue weighted by atomic mass is 10.1. The summed E-state index contributed by atoms with van der Waals surface area (Å²) >= 11 is 0. The van der Waals surface area contributed by atoms with Gasteiger partial charge in [0.15, 0.2) is 11.5 Å². The fourth-order valence-electron chi connectivity index (χ4n) is 4.53. The van der Waals surface area contributed by atoms with E-state index < -0.39 is 53.7 Å². The summed E-state index contributed by atoms with van der Waals surface area (Å²) in [4.78, 5) is 35.1. The first-order valence-electron chi connectivity index (χ1n) is 13.1. The number of hydrogen-bond donors (Lipinski definition) is 3. The van der Waals surface area contributed by atoms with Crippen molar-refractivity contribution >= 4 is 29.0 Å². The lowest BCUT2D eigenvalue weighted by Gasteiger charge is -2.27. The standard InChI is InChI=1S/C27H30F5N7O3/c1-26(2,3)42-25(41)37-16-6-4-5-7-38(13-16)24(40)20-9-19(36-14-27(30,31)32)17(10-34-20)22(33)21-11-35-23-18(29)8-15(28)12-39(21)23/h8-12,16,33H,4-7,13-14H2,1-3H3,(H,34,36)(H,37,41). The summed E-state index contributed by atoms with van der Waals surface area (Å²) in [7, 11) is 0. The molecule has 3 aromatic heterocycles. The lowest BCUT2D eigenvalue weighted by Crippen LogP contribution is -2.46.